The number of alkyl halides is 6. The molecule has 3 nitrogen and oxygen atoms in total. The summed E-state index contributed by atoms with van der Waals surface area (Å²) in [5.41, 5.74) is 4.84. The van der Waals surface area contributed by atoms with E-state index < -0.39 is 23.8 Å². The number of carbonyl (C=O) groups excluding carboxylic acids is 1. The van der Waals surface area contributed by atoms with Crippen LogP contribution < -0.4 is 0 Å². The zero-order valence-electron chi connectivity index (χ0n) is 38.3. The first-order valence-corrected chi connectivity index (χ1v) is 22.1. The summed E-state index contributed by atoms with van der Waals surface area (Å²) >= 11 is 1.20. The van der Waals surface area contributed by atoms with Gasteiger partial charge in [0.15, 0.2) is 11.7 Å². The molecule has 0 fully saturated rings. The number of hydrogen-bond acceptors (Lipinski definition) is 4. The SMILES string of the molecule is CCC(CC)C(=O)/C=C(\O)C(CC)CC.Cc1cc(CC(C)(C)C)cc(C)c1-c1sc2c(-c3[c-]c4ccccc4c(C(C)(C)C)c3)ncc(C(C(F)(F)F)C(F)(F)F)c2c1C.[Ir]. The number of halogens is 6. The Morgan fingerprint density at radius 2 is 1.35 bits per heavy atom. The normalized spacial score (nSPS) is 13.0. The smallest absolute Gasteiger partial charge is 0.404 e. The predicted molar refractivity (Wildman–Crippen MR) is 242 cm³/mol. The van der Waals surface area contributed by atoms with E-state index in [0.717, 1.165) is 76.9 Å². The molecular formula is C51H62F6IrNO2S-. The first-order valence-electron chi connectivity index (χ1n) is 21.2. The molecule has 0 atom stereocenters. The van der Waals surface area contributed by atoms with Crippen molar-refractivity contribution in [3.63, 3.8) is 0 Å². The Balaban J connectivity index is 0.000000548. The van der Waals surface area contributed by atoms with E-state index in [0.29, 0.717) is 21.7 Å². The number of pyridine rings is 1. The molecule has 1 radical (unpaired) electrons. The predicted octanol–water partition coefficient (Wildman–Crippen LogP) is 16.5. The summed E-state index contributed by atoms with van der Waals surface area (Å²) in [4.78, 5) is 16.7. The number of aliphatic hydroxyl groups is 1. The Labute approximate surface area is 382 Å². The van der Waals surface area contributed by atoms with Gasteiger partial charge >= 0.3 is 12.4 Å². The number of aliphatic hydroxyl groups excluding tert-OH is 1. The quantitative estimate of drug-likeness (QED) is 0.0621. The fourth-order valence-corrected chi connectivity index (χ4v) is 9.87. The van der Waals surface area contributed by atoms with Gasteiger partial charge in [0.2, 0.25) is 0 Å². The summed E-state index contributed by atoms with van der Waals surface area (Å²) in [5, 5.41) is 11.5. The minimum atomic E-state index is -5.56. The van der Waals surface area contributed by atoms with Crippen molar-refractivity contribution in [2.45, 2.75) is 146 Å². The molecule has 0 aliphatic rings. The number of nitrogens with zero attached hydrogens (tertiary/aromatic N) is 1. The molecule has 3 aromatic carbocycles. The van der Waals surface area contributed by atoms with Crippen LogP contribution in [-0.2, 0) is 36.7 Å². The van der Waals surface area contributed by atoms with Gasteiger partial charge < -0.3 is 5.11 Å². The number of fused-ring (bicyclic) bond motifs is 2. The van der Waals surface area contributed by atoms with E-state index in [-0.39, 0.29) is 64.4 Å². The van der Waals surface area contributed by atoms with Gasteiger partial charge in [-0.15, -0.1) is 40.5 Å². The van der Waals surface area contributed by atoms with Crippen molar-refractivity contribution in [2.75, 3.05) is 0 Å². The van der Waals surface area contributed by atoms with E-state index in [4.69, 9.17) is 0 Å². The van der Waals surface area contributed by atoms with Crippen LogP contribution in [0.5, 0.6) is 0 Å². The summed E-state index contributed by atoms with van der Waals surface area (Å²) in [6.07, 6.45) is -4.61. The maximum absolute atomic E-state index is 14.2. The van der Waals surface area contributed by atoms with Gasteiger partial charge in [-0.25, -0.2) is 0 Å². The van der Waals surface area contributed by atoms with Crippen molar-refractivity contribution in [3.8, 4) is 21.7 Å². The Morgan fingerprint density at radius 3 is 1.84 bits per heavy atom. The summed E-state index contributed by atoms with van der Waals surface area (Å²) in [5.74, 6) is -3.13. The zero-order chi connectivity index (χ0) is 46.0. The van der Waals surface area contributed by atoms with E-state index in [1.165, 1.54) is 17.4 Å². The first kappa shape index (κ1) is 52.8. The molecule has 0 unspecified atom stereocenters. The molecule has 0 aliphatic heterocycles. The molecule has 0 spiro atoms. The Hall–Kier alpha value is -3.53. The van der Waals surface area contributed by atoms with Gasteiger partial charge in [0.1, 0.15) is 0 Å². The minimum absolute atomic E-state index is 0. The zero-order valence-corrected chi connectivity index (χ0v) is 41.5. The molecule has 0 aliphatic carbocycles. The monoisotopic (exact) mass is 1060 g/mol. The van der Waals surface area contributed by atoms with Gasteiger partial charge in [0.25, 0.3) is 0 Å². The number of rotatable bonds is 11. The molecule has 341 valence electrons. The van der Waals surface area contributed by atoms with Gasteiger partial charge in [-0.1, -0.05) is 111 Å². The van der Waals surface area contributed by atoms with Crippen LogP contribution in [0.15, 0.2) is 60.5 Å². The van der Waals surface area contributed by atoms with E-state index >= 15 is 0 Å². The number of ketones is 1. The van der Waals surface area contributed by atoms with Crippen molar-refractivity contribution in [2.24, 2.45) is 17.3 Å². The number of allylic oxidation sites excluding steroid dienone is 2. The average molecular weight is 1060 g/mol. The van der Waals surface area contributed by atoms with E-state index in [2.05, 4.69) is 64.7 Å². The van der Waals surface area contributed by atoms with Crippen LogP contribution >= 0.6 is 11.3 Å². The van der Waals surface area contributed by atoms with E-state index in [1.54, 1.807) is 6.92 Å². The third-order valence-electron chi connectivity index (χ3n) is 11.4. The fraction of sp³-hybridized carbons (Fsp3) is 0.490. The molecule has 1 N–H and O–H groups in total. The van der Waals surface area contributed by atoms with Crippen molar-refractivity contribution < 1.29 is 56.3 Å². The molecular weight excluding hydrogens is 997 g/mol. The largest absolute Gasteiger partial charge is 0.512 e. The first-order chi connectivity index (χ1) is 28.2. The van der Waals surface area contributed by atoms with Gasteiger partial charge in [-0.05, 0) is 102 Å². The Morgan fingerprint density at radius 1 is 0.823 bits per heavy atom. The molecule has 2 aromatic heterocycles. The minimum Gasteiger partial charge on any atom is -0.512 e. The summed E-state index contributed by atoms with van der Waals surface area (Å²) in [6.45, 7) is 26.2. The van der Waals surface area contributed by atoms with E-state index in [1.807, 2.05) is 71.9 Å². The molecule has 0 saturated heterocycles. The van der Waals surface area contributed by atoms with Crippen LogP contribution in [0.25, 0.3) is 42.6 Å². The third kappa shape index (κ3) is 12.2. The maximum atomic E-state index is 14.2. The standard InChI is InChI=1S/C38H38F6NS.C13H24O2.Ir/c1-20-14-23(18-35(4,5)6)15-21(2)29(20)32-22(3)30-27(34(37(39,40)41)38(42,43)44)19-45-31(33(30)46-32)25-16-24-12-10-11-13-26(24)28(17-25)36(7,8)9;1-5-10(6-2)12(14)9-13(15)11(7-3)8-4;/h10-15,17,19,34H,18H2,1-9H3;9-11,14H,5-8H2,1-4H3;/q-1;;/b;12-9-;. The van der Waals surface area contributed by atoms with Crippen LogP contribution in [0.2, 0.25) is 0 Å². The molecule has 0 bridgehead atoms. The molecule has 5 aromatic rings. The number of benzene rings is 3. The molecule has 5 rings (SSSR count). The summed E-state index contributed by atoms with van der Waals surface area (Å²) in [7, 11) is 0. The molecule has 0 saturated carbocycles. The molecule has 62 heavy (non-hydrogen) atoms. The molecule has 0 amide bonds. The second kappa shape index (κ2) is 20.5. The van der Waals surface area contributed by atoms with Crippen LogP contribution in [0.1, 0.15) is 134 Å². The second-order valence-electron chi connectivity index (χ2n) is 18.6. The third-order valence-corrected chi connectivity index (χ3v) is 12.7. The second-order valence-corrected chi connectivity index (χ2v) is 19.6. The van der Waals surface area contributed by atoms with Gasteiger partial charge in [0, 0.05) is 59.5 Å². The topological polar surface area (TPSA) is 50.2 Å². The molecule has 11 heteroatoms. The fourth-order valence-electron chi connectivity index (χ4n) is 8.36. The Bertz CT molecular complexity index is 2330. The maximum Gasteiger partial charge on any atom is 0.404 e. The van der Waals surface area contributed by atoms with Crippen molar-refractivity contribution >= 4 is 38.0 Å². The van der Waals surface area contributed by atoms with Crippen LogP contribution in [0.3, 0.4) is 0 Å². The van der Waals surface area contributed by atoms with Crippen LogP contribution in [-0.4, -0.2) is 28.2 Å². The summed E-state index contributed by atoms with van der Waals surface area (Å²) < 4.78 is 85.7. The number of thiophene rings is 1. The van der Waals surface area contributed by atoms with E-state index in [9.17, 15) is 36.2 Å². The number of aryl methyl sites for hydroxylation is 3. The average Bonchev–Trinajstić information content (AvgIpc) is 3.46. The number of carbonyl (C=O) groups is 1. The van der Waals surface area contributed by atoms with Crippen LogP contribution in [0, 0.1) is 44.1 Å². The number of aromatic nitrogens is 1. The van der Waals surface area contributed by atoms with Crippen molar-refractivity contribution in [3.05, 3.63) is 99.9 Å². The molecule has 2 heterocycles. The van der Waals surface area contributed by atoms with Crippen molar-refractivity contribution in [1.29, 1.82) is 0 Å². The number of hydrogen-bond donors (Lipinski definition) is 1. The van der Waals surface area contributed by atoms with Gasteiger partial charge in [-0.2, -0.15) is 26.3 Å². The van der Waals surface area contributed by atoms with Crippen LogP contribution in [0.4, 0.5) is 26.3 Å². The van der Waals surface area contributed by atoms with Crippen molar-refractivity contribution in [1.82, 2.24) is 4.98 Å². The van der Waals surface area contributed by atoms with Gasteiger partial charge in [0.05, 0.1) is 5.76 Å². The summed E-state index contributed by atoms with van der Waals surface area (Å²) in [6, 6.07) is 17.1. The van der Waals surface area contributed by atoms with Gasteiger partial charge in [-0.3, -0.25) is 9.78 Å². The Kier molecular flexibility index (Phi) is 17.5.